The van der Waals surface area contributed by atoms with Crippen LogP contribution in [0.15, 0.2) is 24.5 Å². The minimum absolute atomic E-state index is 0.187. The predicted octanol–water partition coefficient (Wildman–Crippen LogP) is 0.785. The van der Waals surface area contributed by atoms with Crippen LogP contribution in [0.2, 0.25) is 0 Å². The number of piperazine rings is 1. The van der Waals surface area contributed by atoms with E-state index in [0.29, 0.717) is 17.1 Å². The second kappa shape index (κ2) is 6.15. The van der Waals surface area contributed by atoms with Gasteiger partial charge in [0.05, 0.1) is 23.1 Å². The predicted molar refractivity (Wildman–Crippen MR) is 85.2 cm³/mol. The Morgan fingerprint density at radius 3 is 2.68 bits per heavy atom. The van der Waals surface area contributed by atoms with Gasteiger partial charge in [-0.2, -0.15) is 5.10 Å². The number of hydrogen-bond donors (Lipinski definition) is 2. The summed E-state index contributed by atoms with van der Waals surface area (Å²) in [6, 6.07) is 3.82. The first kappa shape index (κ1) is 14.5. The van der Waals surface area contributed by atoms with Gasteiger partial charge in [-0.25, -0.2) is 4.98 Å². The summed E-state index contributed by atoms with van der Waals surface area (Å²) in [4.78, 5) is 18.8. The smallest absolute Gasteiger partial charge is 0.260 e. The van der Waals surface area contributed by atoms with Gasteiger partial charge in [0.2, 0.25) is 0 Å². The molecule has 1 aliphatic rings. The van der Waals surface area contributed by atoms with Gasteiger partial charge in [-0.05, 0) is 19.1 Å². The number of pyridine rings is 1. The Morgan fingerprint density at radius 2 is 2.09 bits per heavy atom. The van der Waals surface area contributed by atoms with Crippen molar-refractivity contribution in [2.75, 3.05) is 36.4 Å². The summed E-state index contributed by atoms with van der Waals surface area (Å²) >= 11 is 0. The van der Waals surface area contributed by atoms with Crippen LogP contribution >= 0.6 is 0 Å². The van der Waals surface area contributed by atoms with Crippen molar-refractivity contribution >= 4 is 17.4 Å². The molecule has 0 radical (unpaired) electrons. The van der Waals surface area contributed by atoms with Crippen molar-refractivity contribution in [2.24, 2.45) is 7.05 Å². The van der Waals surface area contributed by atoms with Crippen molar-refractivity contribution in [1.82, 2.24) is 20.1 Å². The number of carbonyl (C=O) groups is 1. The fraction of sp³-hybridized carbons (Fsp3) is 0.400. The van der Waals surface area contributed by atoms with E-state index in [-0.39, 0.29) is 5.91 Å². The Bertz CT molecular complexity index is 657. The van der Waals surface area contributed by atoms with Gasteiger partial charge in [-0.15, -0.1) is 0 Å². The zero-order chi connectivity index (χ0) is 15.5. The summed E-state index contributed by atoms with van der Waals surface area (Å²) in [6.45, 7) is 5.73. The van der Waals surface area contributed by atoms with E-state index in [4.69, 9.17) is 0 Å². The molecule has 2 aromatic heterocycles. The first-order chi connectivity index (χ1) is 10.6. The van der Waals surface area contributed by atoms with Crippen LogP contribution in [-0.2, 0) is 7.05 Å². The van der Waals surface area contributed by atoms with Gasteiger partial charge in [0, 0.05) is 39.4 Å². The average molecular weight is 300 g/mol. The number of anilines is 2. The van der Waals surface area contributed by atoms with Crippen LogP contribution in [0.5, 0.6) is 0 Å². The molecule has 1 saturated heterocycles. The molecule has 0 saturated carbocycles. The highest BCUT2D eigenvalue weighted by atomic mass is 16.1. The van der Waals surface area contributed by atoms with E-state index in [1.54, 1.807) is 24.1 Å². The lowest BCUT2D eigenvalue weighted by Gasteiger charge is -2.29. The molecular formula is C15H20N6O. The normalized spacial score (nSPS) is 14.9. The third-order valence-corrected chi connectivity index (χ3v) is 3.73. The molecule has 3 heterocycles. The van der Waals surface area contributed by atoms with Gasteiger partial charge >= 0.3 is 0 Å². The molecule has 0 aliphatic carbocycles. The van der Waals surface area contributed by atoms with Crippen LogP contribution in [0.4, 0.5) is 11.5 Å². The van der Waals surface area contributed by atoms with Gasteiger partial charge in [0.15, 0.2) is 0 Å². The van der Waals surface area contributed by atoms with E-state index in [1.807, 2.05) is 19.1 Å². The topological polar surface area (TPSA) is 75.1 Å². The van der Waals surface area contributed by atoms with E-state index in [9.17, 15) is 4.79 Å². The van der Waals surface area contributed by atoms with E-state index in [1.165, 1.54) is 0 Å². The van der Waals surface area contributed by atoms with E-state index >= 15 is 0 Å². The molecule has 7 heteroatoms. The number of aromatic nitrogens is 3. The molecule has 22 heavy (non-hydrogen) atoms. The zero-order valence-corrected chi connectivity index (χ0v) is 12.8. The number of nitrogens with zero attached hydrogens (tertiary/aromatic N) is 4. The zero-order valence-electron chi connectivity index (χ0n) is 12.8. The summed E-state index contributed by atoms with van der Waals surface area (Å²) in [5, 5.41) is 10.3. The molecule has 116 valence electrons. The lowest BCUT2D eigenvalue weighted by Crippen LogP contribution is -2.43. The van der Waals surface area contributed by atoms with Crippen LogP contribution in [0, 0.1) is 6.92 Å². The van der Waals surface area contributed by atoms with Gasteiger partial charge in [0.1, 0.15) is 5.82 Å². The molecule has 1 fully saturated rings. The Balaban J connectivity index is 1.68. The highest BCUT2D eigenvalue weighted by Crippen LogP contribution is 2.16. The lowest BCUT2D eigenvalue weighted by atomic mass is 10.2. The number of nitrogens with one attached hydrogen (secondary N) is 2. The number of aryl methyl sites for hydroxylation is 2. The quantitative estimate of drug-likeness (QED) is 0.876. The minimum Gasteiger partial charge on any atom is -0.368 e. The largest absolute Gasteiger partial charge is 0.368 e. The first-order valence-corrected chi connectivity index (χ1v) is 7.37. The van der Waals surface area contributed by atoms with Crippen LogP contribution in [0.3, 0.4) is 0 Å². The van der Waals surface area contributed by atoms with Crippen molar-refractivity contribution < 1.29 is 4.79 Å². The molecule has 0 unspecified atom stereocenters. The Kier molecular flexibility index (Phi) is 4.06. The molecule has 2 aromatic rings. The molecule has 2 N–H and O–H groups in total. The highest BCUT2D eigenvalue weighted by molar-refractivity contribution is 6.04. The van der Waals surface area contributed by atoms with Gasteiger partial charge < -0.3 is 15.5 Å². The first-order valence-electron chi connectivity index (χ1n) is 7.37. The average Bonchev–Trinajstić information content (AvgIpc) is 2.88. The van der Waals surface area contributed by atoms with Gasteiger partial charge in [-0.3, -0.25) is 9.48 Å². The third-order valence-electron chi connectivity index (χ3n) is 3.73. The Hall–Kier alpha value is -2.41. The number of rotatable bonds is 3. The third kappa shape index (κ3) is 3.09. The van der Waals surface area contributed by atoms with E-state index in [0.717, 1.165) is 31.9 Å². The van der Waals surface area contributed by atoms with Crippen molar-refractivity contribution in [1.29, 1.82) is 0 Å². The molecule has 1 amide bonds. The molecule has 0 aromatic carbocycles. The fourth-order valence-electron chi connectivity index (χ4n) is 2.58. The van der Waals surface area contributed by atoms with Crippen molar-refractivity contribution in [3.05, 3.63) is 35.8 Å². The van der Waals surface area contributed by atoms with Crippen LogP contribution in [-0.4, -0.2) is 46.9 Å². The van der Waals surface area contributed by atoms with E-state index in [2.05, 4.69) is 25.6 Å². The molecule has 0 bridgehead atoms. The highest BCUT2D eigenvalue weighted by Gasteiger charge is 2.14. The summed E-state index contributed by atoms with van der Waals surface area (Å²) < 4.78 is 1.63. The molecular weight excluding hydrogens is 280 g/mol. The second-order valence-electron chi connectivity index (χ2n) is 5.39. The summed E-state index contributed by atoms with van der Waals surface area (Å²) in [5.41, 5.74) is 2.35. The molecule has 7 nitrogen and oxygen atoms in total. The maximum absolute atomic E-state index is 12.2. The molecule has 1 aliphatic heterocycles. The van der Waals surface area contributed by atoms with Gasteiger partial charge in [-0.1, -0.05) is 0 Å². The maximum Gasteiger partial charge on any atom is 0.260 e. The maximum atomic E-state index is 12.2. The van der Waals surface area contributed by atoms with Crippen molar-refractivity contribution in [3.8, 4) is 0 Å². The molecule has 3 rings (SSSR count). The summed E-state index contributed by atoms with van der Waals surface area (Å²) in [5.74, 6) is 0.361. The molecule has 0 spiro atoms. The standard InChI is InChI=1S/C15H20N6O/c1-11-13(10-20(2)19-11)15(22)18-14-4-3-12(9-17-14)21-7-5-16-6-8-21/h3-4,9-10,16H,5-8H2,1-2H3,(H,17,18,22). The van der Waals surface area contributed by atoms with Crippen LogP contribution in [0.1, 0.15) is 16.1 Å². The number of amides is 1. The van der Waals surface area contributed by atoms with Crippen LogP contribution < -0.4 is 15.5 Å². The monoisotopic (exact) mass is 300 g/mol. The van der Waals surface area contributed by atoms with E-state index < -0.39 is 0 Å². The number of hydrogen-bond acceptors (Lipinski definition) is 5. The summed E-state index contributed by atoms with van der Waals surface area (Å²) in [6.07, 6.45) is 3.51. The summed E-state index contributed by atoms with van der Waals surface area (Å²) in [7, 11) is 1.80. The Morgan fingerprint density at radius 1 is 1.32 bits per heavy atom. The lowest BCUT2D eigenvalue weighted by molar-refractivity contribution is 0.102. The number of carbonyl (C=O) groups excluding carboxylic acids is 1. The van der Waals surface area contributed by atoms with Crippen LogP contribution in [0.25, 0.3) is 0 Å². The molecule has 0 atom stereocenters. The minimum atomic E-state index is -0.187. The SMILES string of the molecule is Cc1nn(C)cc1C(=O)Nc1ccc(N2CCNCC2)cn1. The van der Waals surface area contributed by atoms with Gasteiger partial charge in [0.25, 0.3) is 5.91 Å². The second-order valence-corrected chi connectivity index (χ2v) is 5.39. The van der Waals surface area contributed by atoms with Crippen molar-refractivity contribution in [2.45, 2.75) is 6.92 Å². The Labute approximate surface area is 129 Å². The van der Waals surface area contributed by atoms with Crippen molar-refractivity contribution in [3.63, 3.8) is 0 Å². The fourth-order valence-corrected chi connectivity index (χ4v) is 2.58.